The minimum absolute atomic E-state index is 0.112. The number of thiophene rings is 1. The molecule has 1 aromatic heterocycles. The van der Waals surface area contributed by atoms with Crippen LogP contribution in [0.4, 0.5) is 0 Å². The molecule has 0 fully saturated rings. The van der Waals surface area contributed by atoms with Crippen LogP contribution in [0.5, 0.6) is 0 Å². The Morgan fingerprint density at radius 3 is 2.24 bits per heavy atom. The lowest BCUT2D eigenvalue weighted by Crippen LogP contribution is -2.12. The highest BCUT2D eigenvalue weighted by molar-refractivity contribution is 7.10. The van der Waals surface area contributed by atoms with Gasteiger partial charge < -0.3 is 5.73 Å². The summed E-state index contributed by atoms with van der Waals surface area (Å²) in [6, 6.07) is 8.96. The van der Waals surface area contributed by atoms with Crippen molar-refractivity contribution in [1.82, 2.24) is 0 Å². The fraction of sp³-hybridized carbons (Fsp3) is 0.333. The van der Waals surface area contributed by atoms with Crippen molar-refractivity contribution < 1.29 is 0 Å². The van der Waals surface area contributed by atoms with Gasteiger partial charge >= 0.3 is 0 Å². The molecule has 1 heterocycles. The summed E-state index contributed by atoms with van der Waals surface area (Å²) < 4.78 is 0. The van der Waals surface area contributed by atoms with E-state index in [2.05, 4.69) is 50.4 Å². The Hall–Kier alpha value is -1.12. The minimum Gasteiger partial charge on any atom is -0.324 e. The lowest BCUT2D eigenvalue weighted by molar-refractivity contribution is 0.724. The van der Waals surface area contributed by atoms with Gasteiger partial charge in [0.1, 0.15) is 0 Å². The van der Waals surface area contributed by atoms with Crippen molar-refractivity contribution in [2.45, 2.75) is 33.2 Å². The highest BCUT2D eigenvalue weighted by atomic mass is 32.1. The van der Waals surface area contributed by atoms with Crippen molar-refractivity contribution >= 4 is 11.3 Å². The van der Waals surface area contributed by atoms with E-state index in [1.807, 2.05) is 0 Å². The molecule has 2 N–H and O–H groups in total. The van der Waals surface area contributed by atoms with Gasteiger partial charge in [0.2, 0.25) is 0 Å². The smallest absolute Gasteiger partial charge is 0.0344 e. The molecule has 17 heavy (non-hydrogen) atoms. The van der Waals surface area contributed by atoms with E-state index in [0.717, 1.165) is 6.42 Å². The van der Waals surface area contributed by atoms with Crippen molar-refractivity contribution in [2.24, 2.45) is 5.73 Å². The Kier molecular flexibility index (Phi) is 3.65. The van der Waals surface area contributed by atoms with Gasteiger partial charge in [-0.3, -0.25) is 0 Å². The molecule has 0 amide bonds. The molecule has 0 spiro atoms. The van der Waals surface area contributed by atoms with Gasteiger partial charge in [-0.2, -0.15) is 0 Å². The molecule has 1 nitrogen and oxygen atoms in total. The van der Waals surface area contributed by atoms with E-state index < -0.39 is 0 Å². The van der Waals surface area contributed by atoms with Crippen LogP contribution in [0.3, 0.4) is 0 Å². The lowest BCUT2D eigenvalue weighted by Gasteiger charge is -2.11. The van der Waals surface area contributed by atoms with E-state index in [1.54, 1.807) is 11.3 Å². The van der Waals surface area contributed by atoms with Gasteiger partial charge in [-0.1, -0.05) is 29.3 Å². The monoisotopic (exact) mass is 245 g/mol. The Balaban J connectivity index is 2.15. The van der Waals surface area contributed by atoms with Gasteiger partial charge in [0.15, 0.2) is 0 Å². The third kappa shape index (κ3) is 3.18. The quantitative estimate of drug-likeness (QED) is 0.871. The third-order valence-electron chi connectivity index (χ3n) is 2.92. The molecule has 0 radical (unpaired) electrons. The SMILES string of the molecule is Cc1cc(C)cc(CC(N)c2csc(C)c2)c1. The fourth-order valence-corrected chi connectivity index (χ4v) is 2.99. The number of hydrogen-bond donors (Lipinski definition) is 1. The van der Waals surface area contributed by atoms with E-state index in [-0.39, 0.29) is 6.04 Å². The summed E-state index contributed by atoms with van der Waals surface area (Å²) in [4.78, 5) is 1.33. The van der Waals surface area contributed by atoms with Crippen molar-refractivity contribution in [2.75, 3.05) is 0 Å². The van der Waals surface area contributed by atoms with E-state index >= 15 is 0 Å². The Labute approximate surface area is 107 Å². The van der Waals surface area contributed by atoms with E-state index in [9.17, 15) is 0 Å². The summed E-state index contributed by atoms with van der Waals surface area (Å²) in [5.74, 6) is 0. The van der Waals surface area contributed by atoms with Crippen LogP contribution in [-0.2, 0) is 6.42 Å². The van der Waals surface area contributed by atoms with E-state index in [1.165, 1.54) is 27.1 Å². The molecule has 90 valence electrons. The second-order valence-corrected chi connectivity index (χ2v) is 5.91. The third-order valence-corrected chi connectivity index (χ3v) is 3.80. The molecular weight excluding hydrogens is 226 g/mol. The topological polar surface area (TPSA) is 26.0 Å². The maximum Gasteiger partial charge on any atom is 0.0344 e. The molecule has 0 aliphatic heterocycles. The molecule has 0 saturated carbocycles. The largest absolute Gasteiger partial charge is 0.324 e. The van der Waals surface area contributed by atoms with Crippen LogP contribution < -0.4 is 5.73 Å². The van der Waals surface area contributed by atoms with Crippen molar-refractivity contribution in [3.05, 3.63) is 56.8 Å². The van der Waals surface area contributed by atoms with Crippen molar-refractivity contribution in [1.29, 1.82) is 0 Å². The van der Waals surface area contributed by atoms with Crippen molar-refractivity contribution in [3.8, 4) is 0 Å². The Morgan fingerprint density at radius 1 is 1.06 bits per heavy atom. The normalized spacial score (nSPS) is 12.7. The average molecular weight is 245 g/mol. The summed E-state index contributed by atoms with van der Waals surface area (Å²) in [5.41, 5.74) is 11.5. The van der Waals surface area contributed by atoms with Gasteiger partial charge in [0.25, 0.3) is 0 Å². The first-order chi connectivity index (χ1) is 8.04. The second-order valence-electron chi connectivity index (χ2n) is 4.80. The molecular formula is C15H19NS. The van der Waals surface area contributed by atoms with Crippen LogP contribution in [0.1, 0.15) is 33.2 Å². The molecule has 2 heteroatoms. The zero-order valence-electron chi connectivity index (χ0n) is 10.7. The minimum atomic E-state index is 0.112. The molecule has 2 aromatic rings. The summed E-state index contributed by atoms with van der Waals surface area (Å²) >= 11 is 1.77. The van der Waals surface area contributed by atoms with Gasteiger partial charge in [0, 0.05) is 10.9 Å². The van der Waals surface area contributed by atoms with Crippen LogP contribution >= 0.6 is 11.3 Å². The van der Waals surface area contributed by atoms with Crippen LogP contribution in [0.25, 0.3) is 0 Å². The maximum absolute atomic E-state index is 6.25. The molecule has 1 unspecified atom stereocenters. The van der Waals surface area contributed by atoms with Crippen LogP contribution in [-0.4, -0.2) is 0 Å². The first-order valence-corrected chi connectivity index (χ1v) is 6.80. The van der Waals surface area contributed by atoms with Crippen molar-refractivity contribution in [3.63, 3.8) is 0 Å². The molecule has 0 aliphatic carbocycles. The summed E-state index contributed by atoms with van der Waals surface area (Å²) in [6.45, 7) is 6.39. The Bertz CT molecular complexity index is 493. The van der Waals surface area contributed by atoms with Crippen LogP contribution in [0.15, 0.2) is 29.6 Å². The van der Waals surface area contributed by atoms with Crippen LogP contribution in [0, 0.1) is 20.8 Å². The zero-order valence-corrected chi connectivity index (χ0v) is 11.5. The molecule has 0 aliphatic rings. The predicted molar refractivity (Wildman–Crippen MR) is 75.6 cm³/mol. The zero-order chi connectivity index (χ0) is 12.4. The maximum atomic E-state index is 6.25. The first-order valence-electron chi connectivity index (χ1n) is 5.92. The molecule has 1 atom stereocenters. The van der Waals surface area contributed by atoms with Gasteiger partial charge in [-0.05, 0) is 49.8 Å². The van der Waals surface area contributed by atoms with E-state index in [4.69, 9.17) is 5.73 Å². The lowest BCUT2D eigenvalue weighted by atomic mass is 9.98. The van der Waals surface area contributed by atoms with Gasteiger partial charge in [-0.15, -0.1) is 11.3 Å². The van der Waals surface area contributed by atoms with Gasteiger partial charge in [-0.25, -0.2) is 0 Å². The number of rotatable bonds is 3. The van der Waals surface area contributed by atoms with Gasteiger partial charge in [0.05, 0.1) is 0 Å². The number of nitrogens with two attached hydrogens (primary N) is 1. The first kappa shape index (κ1) is 12.3. The molecule has 2 rings (SSSR count). The van der Waals surface area contributed by atoms with E-state index in [0.29, 0.717) is 0 Å². The molecule has 0 saturated heterocycles. The second kappa shape index (κ2) is 5.03. The molecule has 0 bridgehead atoms. The molecule has 1 aromatic carbocycles. The number of benzene rings is 1. The Morgan fingerprint density at radius 2 is 1.71 bits per heavy atom. The summed E-state index contributed by atoms with van der Waals surface area (Å²) in [6.07, 6.45) is 0.915. The number of aryl methyl sites for hydroxylation is 3. The predicted octanol–water partition coefficient (Wildman–Crippen LogP) is 3.92. The standard InChI is InChI=1S/C15H19NS/c1-10-4-11(2)6-13(5-10)8-15(16)14-7-12(3)17-9-14/h4-7,9,15H,8,16H2,1-3H3. The summed E-state index contributed by atoms with van der Waals surface area (Å²) in [5, 5.41) is 2.17. The number of hydrogen-bond acceptors (Lipinski definition) is 2. The van der Waals surface area contributed by atoms with Crippen LogP contribution in [0.2, 0.25) is 0 Å². The average Bonchev–Trinajstić information content (AvgIpc) is 2.63. The highest BCUT2D eigenvalue weighted by Crippen LogP contribution is 2.22. The summed E-state index contributed by atoms with van der Waals surface area (Å²) in [7, 11) is 0. The highest BCUT2D eigenvalue weighted by Gasteiger charge is 2.09. The fourth-order valence-electron chi connectivity index (χ4n) is 2.22.